The molecule has 0 atom stereocenters. The Labute approximate surface area is 128 Å². The van der Waals surface area contributed by atoms with Gasteiger partial charge in [-0.15, -0.1) is 0 Å². The summed E-state index contributed by atoms with van der Waals surface area (Å²) < 4.78 is 11.0. The largest absolute Gasteiger partial charge is 0.494 e. The van der Waals surface area contributed by atoms with E-state index >= 15 is 0 Å². The van der Waals surface area contributed by atoms with E-state index in [0.717, 1.165) is 44.8 Å². The third-order valence-corrected chi connectivity index (χ3v) is 3.40. The summed E-state index contributed by atoms with van der Waals surface area (Å²) >= 11 is 0. The van der Waals surface area contributed by atoms with Gasteiger partial charge in [-0.1, -0.05) is 12.2 Å². The molecule has 21 heavy (non-hydrogen) atoms. The van der Waals surface area contributed by atoms with Gasteiger partial charge in [0.15, 0.2) is 5.78 Å². The molecular weight excluding hydrogens is 266 g/mol. The van der Waals surface area contributed by atoms with Crippen LogP contribution in [0.3, 0.4) is 0 Å². The van der Waals surface area contributed by atoms with Crippen molar-refractivity contribution >= 4 is 5.78 Å². The maximum atomic E-state index is 11.6. The van der Waals surface area contributed by atoms with Gasteiger partial charge < -0.3 is 9.47 Å². The minimum atomic E-state index is 0.0475. The molecule has 1 rings (SSSR count). The van der Waals surface area contributed by atoms with Crippen LogP contribution in [0.4, 0.5) is 0 Å². The summed E-state index contributed by atoms with van der Waals surface area (Å²) in [5, 5.41) is 0. The lowest BCUT2D eigenvalue weighted by Crippen LogP contribution is -2.37. The predicted octanol–water partition coefficient (Wildman–Crippen LogP) is 2.72. The van der Waals surface area contributed by atoms with Gasteiger partial charge in [0.1, 0.15) is 5.76 Å². The maximum absolute atomic E-state index is 11.6. The molecule has 0 bridgehead atoms. The number of ketones is 1. The second kappa shape index (κ2) is 9.53. The number of rotatable bonds is 8. The van der Waals surface area contributed by atoms with E-state index in [1.165, 1.54) is 0 Å². The molecule has 1 saturated heterocycles. The number of carbonyl (C=O) groups excluding carboxylic acids is 1. The Morgan fingerprint density at radius 2 is 1.95 bits per heavy atom. The van der Waals surface area contributed by atoms with Gasteiger partial charge in [0.25, 0.3) is 0 Å². The molecule has 0 spiro atoms. The molecule has 0 aromatic carbocycles. The molecule has 0 aromatic heterocycles. The molecule has 0 saturated carbocycles. The van der Waals surface area contributed by atoms with Crippen LogP contribution >= 0.6 is 0 Å². The number of morpholine rings is 1. The molecule has 0 aliphatic carbocycles. The van der Waals surface area contributed by atoms with Crippen molar-refractivity contribution in [3.63, 3.8) is 0 Å². The normalized spacial score (nSPS) is 16.4. The van der Waals surface area contributed by atoms with E-state index in [4.69, 9.17) is 9.47 Å². The zero-order valence-electron chi connectivity index (χ0n) is 13.5. The van der Waals surface area contributed by atoms with E-state index in [0.29, 0.717) is 17.9 Å². The van der Waals surface area contributed by atoms with Crippen LogP contribution in [-0.2, 0) is 14.3 Å². The van der Waals surface area contributed by atoms with Gasteiger partial charge in [-0.25, -0.2) is 0 Å². The van der Waals surface area contributed by atoms with Crippen molar-refractivity contribution in [2.45, 2.75) is 27.2 Å². The lowest BCUT2D eigenvalue weighted by atomic mass is 10.1. The van der Waals surface area contributed by atoms with Gasteiger partial charge in [-0.3, -0.25) is 9.69 Å². The molecular formula is C17H27NO3. The molecule has 0 N–H and O–H groups in total. The third-order valence-electron chi connectivity index (χ3n) is 3.40. The minimum absolute atomic E-state index is 0.0475. The summed E-state index contributed by atoms with van der Waals surface area (Å²) in [4.78, 5) is 13.9. The van der Waals surface area contributed by atoms with E-state index in [2.05, 4.69) is 11.5 Å². The molecule has 0 unspecified atom stereocenters. The highest BCUT2D eigenvalue weighted by Gasteiger charge is 2.09. The van der Waals surface area contributed by atoms with Crippen molar-refractivity contribution in [1.29, 1.82) is 0 Å². The van der Waals surface area contributed by atoms with Gasteiger partial charge in [0.05, 0.1) is 19.8 Å². The van der Waals surface area contributed by atoms with Crippen LogP contribution < -0.4 is 0 Å². The molecule has 0 radical (unpaired) electrons. The lowest BCUT2D eigenvalue weighted by Gasteiger charge is -2.26. The van der Waals surface area contributed by atoms with Crippen LogP contribution in [0.5, 0.6) is 0 Å². The minimum Gasteiger partial charge on any atom is -0.494 e. The number of Topliss-reactive ketones (excluding diaryl/α,β-unsaturated/α-hetero) is 1. The summed E-state index contributed by atoms with van der Waals surface area (Å²) in [5.74, 6) is 0.703. The van der Waals surface area contributed by atoms with Gasteiger partial charge >= 0.3 is 0 Å². The molecule has 1 aliphatic rings. The molecule has 1 fully saturated rings. The van der Waals surface area contributed by atoms with Crippen LogP contribution in [-0.4, -0.2) is 50.1 Å². The van der Waals surface area contributed by atoms with Crippen LogP contribution in [0.2, 0.25) is 0 Å². The standard InChI is InChI=1S/C17H27NO3/c1-5-16(13-17(14(2)3)15(4)19)21-10-6-7-18-8-11-20-12-9-18/h5,13H,1,6-12H2,2-4H3/b16-13+. The second-order valence-electron chi connectivity index (χ2n) is 5.38. The smallest absolute Gasteiger partial charge is 0.159 e. The molecule has 0 amide bonds. The highest BCUT2D eigenvalue weighted by atomic mass is 16.5. The van der Waals surface area contributed by atoms with E-state index < -0.39 is 0 Å². The van der Waals surface area contributed by atoms with Crippen molar-refractivity contribution in [2.24, 2.45) is 0 Å². The van der Waals surface area contributed by atoms with Gasteiger partial charge in [-0.2, -0.15) is 0 Å². The van der Waals surface area contributed by atoms with Crippen LogP contribution in [0.1, 0.15) is 27.2 Å². The summed E-state index contributed by atoms with van der Waals surface area (Å²) in [6, 6.07) is 0. The average molecular weight is 293 g/mol. The maximum Gasteiger partial charge on any atom is 0.159 e. The highest BCUT2D eigenvalue weighted by molar-refractivity contribution is 5.96. The Morgan fingerprint density at radius 1 is 1.29 bits per heavy atom. The first kappa shape index (κ1) is 17.7. The van der Waals surface area contributed by atoms with Crippen LogP contribution in [0.15, 0.2) is 35.6 Å². The Hall–Kier alpha value is -1.39. The lowest BCUT2D eigenvalue weighted by molar-refractivity contribution is -0.113. The summed E-state index contributed by atoms with van der Waals surface area (Å²) in [7, 11) is 0. The summed E-state index contributed by atoms with van der Waals surface area (Å²) in [6.45, 7) is 14.4. The Balaban J connectivity index is 2.41. The van der Waals surface area contributed by atoms with E-state index in [-0.39, 0.29) is 5.78 Å². The van der Waals surface area contributed by atoms with Crippen molar-refractivity contribution in [1.82, 2.24) is 4.90 Å². The number of carbonyl (C=O) groups is 1. The number of hydrogen-bond acceptors (Lipinski definition) is 4. The Kier molecular flexibility index (Phi) is 8.01. The van der Waals surface area contributed by atoms with E-state index in [1.807, 2.05) is 13.8 Å². The van der Waals surface area contributed by atoms with Crippen molar-refractivity contribution < 1.29 is 14.3 Å². The fourth-order valence-corrected chi connectivity index (χ4v) is 2.20. The molecule has 0 aromatic rings. The predicted molar refractivity (Wildman–Crippen MR) is 85.2 cm³/mol. The van der Waals surface area contributed by atoms with E-state index in [1.54, 1.807) is 19.1 Å². The average Bonchev–Trinajstić information content (AvgIpc) is 2.46. The second-order valence-corrected chi connectivity index (χ2v) is 5.38. The first-order chi connectivity index (χ1) is 10.0. The molecule has 118 valence electrons. The quantitative estimate of drug-likeness (QED) is 0.298. The van der Waals surface area contributed by atoms with Crippen molar-refractivity contribution in [3.8, 4) is 0 Å². The van der Waals surface area contributed by atoms with Gasteiger partial charge in [-0.05, 0) is 39.3 Å². The number of nitrogens with zero attached hydrogens (tertiary/aromatic N) is 1. The Bertz CT molecular complexity index is 414. The number of hydrogen-bond donors (Lipinski definition) is 0. The number of allylic oxidation sites excluding steroid dienone is 4. The summed E-state index contributed by atoms with van der Waals surface area (Å²) in [6.07, 6.45) is 4.38. The summed E-state index contributed by atoms with van der Waals surface area (Å²) in [5.41, 5.74) is 1.68. The van der Waals surface area contributed by atoms with Gasteiger partial charge in [0, 0.05) is 25.2 Å². The molecule has 4 heteroatoms. The SMILES string of the molecule is C=C/C(=C\C(C(C)=O)=C(C)C)OCCCN1CCOCC1. The van der Waals surface area contributed by atoms with Crippen molar-refractivity contribution in [2.75, 3.05) is 39.5 Å². The monoisotopic (exact) mass is 293 g/mol. The fraction of sp³-hybridized carbons (Fsp3) is 0.588. The van der Waals surface area contributed by atoms with Crippen molar-refractivity contribution in [3.05, 3.63) is 35.6 Å². The van der Waals surface area contributed by atoms with Crippen LogP contribution in [0, 0.1) is 0 Å². The topological polar surface area (TPSA) is 38.8 Å². The zero-order chi connectivity index (χ0) is 15.7. The molecule has 4 nitrogen and oxygen atoms in total. The van der Waals surface area contributed by atoms with Gasteiger partial charge in [0.2, 0.25) is 0 Å². The number of ether oxygens (including phenoxy) is 2. The third kappa shape index (κ3) is 6.74. The first-order valence-corrected chi connectivity index (χ1v) is 7.50. The fourth-order valence-electron chi connectivity index (χ4n) is 2.20. The Morgan fingerprint density at radius 3 is 2.48 bits per heavy atom. The highest BCUT2D eigenvalue weighted by Crippen LogP contribution is 2.12. The zero-order valence-corrected chi connectivity index (χ0v) is 13.5. The van der Waals surface area contributed by atoms with Crippen LogP contribution in [0.25, 0.3) is 0 Å². The van der Waals surface area contributed by atoms with E-state index in [9.17, 15) is 4.79 Å². The molecule has 1 aliphatic heterocycles. The first-order valence-electron chi connectivity index (χ1n) is 7.50. The molecule has 1 heterocycles.